The molecule has 0 radical (unpaired) electrons. The molecule has 0 fully saturated rings. The molecule has 0 atom stereocenters. The van der Waals surface area contributed by atoms with Gasteiger partial charge in [0, 0.05) is 23.3 Å². The fraction of sp³-hybridized carbons (Fsp3) is 0. The predicted octanol–water partition coefficient (Wildman–Crippen LogP) is 1.18. The summed E-state index contributed by atoms with van der Waals surface area (Å²) in [5, 5.41) is 20.1. The molecule has 0 spiro atoms. The third kappa shape index (κ3) is 9.70. The summed E-state index contributed by atoms with van der Waals surface area (Å²) in [6.07, 6.45) is 0. The summed E-state index contributed by atoms with van der Waals surface area (Å²) in [6, 6.07) is 3.95. The molecule has 0 aliphatic carbocycles. The van der Waals surface area contributed by atoms with Crippen LogP contribution in [0.1, 0.15) is 20.7 Å². The first-order valence-corrected chi connectivity index (χ1v) is 5.54. The zero-order chi connectivity index (χ0) is 16.9. The SMILES string of the molecule is O=C([O-])c1cc(F)cc(F)c1.O=C([O-])c1cc(F)cc(F)c1.[CH3-].[CH3-].[Sn+4]. The summed E-state index contributed by atoms with van der Waals surface area (Å²) in [7, 11) is 0. The Morgan fingerprint density at radius 3 is 0.960 bits per heavy atom. The van der Waals surface area contributed by atoms with Crippen molar-refractivity contribution in [2.24, 2.45) is 0 Å². The molecule has 0 amide bonds. The number of aromatic carboxylic acids is 2. The fourth-order valence-electron chi connectivity index (χ4n) is 1.34. The maximum absolute atomic E-state index is 12.3. The monoisotopic (exact) mass is 464 g/mol. The molecule has 0 aliphatic heterocycles. The van der Waals surface area contributed by atoms with E-state index in [9.17, 15) is 37.4 Å². The van der Waals surface area contributed by atoms with E-state index < -0.39 is 46.3 Å². The van der Waals surface area contributed by atoms with Gasteiger partial charge in [-0.05, 0) is 24.3 Å². The van der Waals surface area contributed by atoms with E-state index in [0.717, 1.165) is 0 Å². The largest absolute Gasteiger partial charge is 4.00 e. The van der Waals surface area contributed by atoms with Gasteiger partial charge in [0.25, 0.3) is 0 Å². The first-order chi connectivity index (χ1) is 10.2. The molecule has 0 bridgehead atoms. The third-order valence-corrected chi connectivity index (χ3v) is 2.20. The van der Waals surface area contributed by atoms with Crippen molar-refractivity contribution in [1.29, 1.82) is 0 Å². The first kappa shape index (κ1) is 27.7. The molecule has 0 aliphatic rings. The number of rotatable bonds is 2. The first-order valence-electron chi connectivity index (χ1n) is 5.54. The van der Waals surface area contributed by atoms with Crippen LogP contribution in [0.15, 0.2) is 36.4 Å². The van der Waals surface area contributed by atoms with Crippen LogP contribution in [0.2, 0.25) is 0 Å². The number of carboxylic acids is 2. The average molecular weight is 463 g/mol. The van der Waals surface area contributed by atoms with Gasteiger partial charge in [0.1, 0.15) is 23.3 Å². The van der Waals surface area contributed by atoms with E-state index >= 15 is 0 Å². The molecular weight excluding hydrogens is 451 g/mol. The molecular formula is C16H12F4O4Sn. The third-order valence-electron chi connectivity index (χ3n) is 2.20. The summed E-state index contributed by atoms with van der Waals surface area (Å²) < 4.78 is 49.0. The van der Waals surface area contributed by atoms with E-state index in [2.05, 4.69) is 0 Å². The molecule has 2 aromatic rings. The van der Waals surface area contributed by atoms with Gasteiger partial charge in [-0.3, -0.25) is 0 Å². The van der Waals surface area contributed by atoms with E-state index in [-0.39, 0.29) is 38.8 Å². The van der Waals surface area contributed by atoms with Gasteiger partial charge < -0.3 is 34.7 Å². The van der Waals surface area contributed by atoms with Crippen molar-refractivity contribution >= 4 is 35.8 Å². The second-order valence-electron chi connectivity index (χ2n) is 3.89. The molecule has 0 aromatic heterocycles. The van der Waals surface area contributed by atoms with E-state index in [4.69, 9.17) is 0 Å². The summed E-state index contributed by atoms with van der Waals surface area (Å²) in [5.41, 5.74) is -0.995. The molecule has 132 valence electrons. The zero-order valence-corrected chi connectivity index (χ0v) is 16.0. The van der Waals surface area contributed by atoms with Crippen LogP contribution in [0, 0.1) is 38.1 Å². The van der Waals surface area contributed by atoms with Gasteiger partial charge in [-0.15, -0.1) is 0 Å². The van der Waals surface area contributed by atoms with E-state index in [0.29, 0.717) is 36.4 Å². The van der Waals surface area contributed by atoms with Crippen LogP contribution in [-0.4, -0.2) is 35.8 Å². The Labute approximate surface area is 159 Å². The number of hydrogen-bond acceptors (Lipinski definition) is 4. The van der Waals surface area contributed by atoms with E-state index in [1.54, 1.807) is 0 Å². The topological polar surface area (TPSA) is 80.3 Å². The number of benzene rings is 2. The van der Waals surface area contributed by atoms with Gasteiger partial charge in [0.2, 0.25) is 0 Å². The molecule has 2 rings (SSSR count). The van der Waals surface area contributed by atoms with Crippen molar-refractivity contribution in [3.05, 3.63) is 85.6 Å². The Morgan fingerprint density at radius 2 is 0.800 bits per heavy atom. The minimum Gasteiger partial charge on any atom is -0.545 e. The van der Waals surface area contributed by atoms with Crippen molar-refractivity contribution in [1.82, 2.24) is 0 Å². The van der Waals surface area contributed by atoms with Crippen LogP contribution in [0.25, 0.3) is 0 Å². The van der Waals surface area contributed by atoms with Gasteiger partial charge in [0.15, 0.2) is 0 Å². The second kappa shape index (κ2) is 12.3. The van der Waals surface area contributed by atoms with Crippen molar-refractivity contribution in [2.75, 3.05) is 0 Å². The van der Waals surface area contributed by atoms with Gasteiger partial charge >= 0.3 is 23.9 Å². The molecule has 0 unspecified atom stereocenters. The van der Waals surface area contributed by atoms with Crippen LogP contribution in [0.3, 0.4) is 0 Å². The molecule has 0 N–H and O–H groups in total. The number of halogens is 4. The summed E-state index contributed by atoms with van der Waals surface area (Å²) in [5.74, 6) is -6.89. The quantitative estimate of drug-likeness (QED) is 0.381. The molecule has 9 heteroatoms. The van der Waals surface area contributed by atoms with Crippen molar-refractivity contribution in [3.8, 4) is 0 Å². The molecule has 0 heterocycles. The Morgan fingerprint density at radius 1 is 0.600 bits per heavy atom. The molecule has 0 saturated heterocycles. The number of carboxylic acid groups (broad SMARTS) is 2. The molecule has 4 nitrogen and oxygen atoms in total. The summed E-state index contributed by atoms with van der Waals surface area (Å²) in [6.45, 7) is 0. The molecule has 0 saturated carbocycles. The van der Waals surface area contributed by atoms with Crippen LogP contribution in [0.4, 0.5) is 17.6 Å². The van der Waals surface area contributed by atoms with Crippen molar-refractivity contribution < 1.29 is 37.4 Å². The van der Waals surface area contributed by atoms with Crippen LogP contribution in [-0.2, 0) is 0 Å². The van der Waals surface area contributed by atoms with Gasteiger partial charge in [-0.1, -0.05) is 0 Å². The maximum atomic E-state index is 12.3. The van der Waals surface area contributed by atoms with E-state index in [1.165, 1.54) is 0 Å². The Bertz CT molecular complexity index is 621. The Kier molecular flexibility index (Phi) is 13.6. The second-order valence-corrected chi connectivity index (χ2v) is 3.89. The Balaban J connectivity index is -0.000000346. The minimum absolute atomic E-state index is 0. The number of carbonyl (C=O) groups is 2. The average Bonchev–Trinajstić information content (AvgIpc) is 2.37. The normalized spacial score (nSPS) is 8.48. The molecule has 25 heavy (non-hydrogen) atoms. The van der Waals surface area contributed by atoms with Crippen LogP contribution < -0.4 is 10.2 Å². The minimum atomic E-state index is -1.59. The zero-order valence-electron chi connectivity index (χ0n) is 13.1. The number of hydrogen-bond donors (Lipinski definition) is 0. The maximum Gasteiger partial charge on any atom is 4.00 e. The summed E-state index contributed by atoms with van der Waals surface area (Å²) >= 11 is 0. The predicted molar refractivity (Wildman–Crippen MR) is 80.0 cm³/mol. The standard InChI is InChI=1S/2C7H4F2O2.2CH3.Sn/c2*8-5-1-4(7(10)11)2-6(9)3-5;;;/h2*1-3H,(H,10,11);2*1H3;/q;;2*-1;+4/p-2. The molecule has 2 aromatic carbocycles. The fourth-order valence-corrected chi connectivity index (χ4v) is 1.34. The Hall–Kier alpha value is -2.10. The van der Waals surface area contributed by atoms with Crippen molar-refractivity contribution in [3.63, 3.8) is 0 Å². The van der Waals surface area contributed by atoms with Gasteiger partial charge in [-0.2, -0.15) is 0 Å². The summed E-state index contributed by atoms with van der Waals surface area (Å²) in [4.78, 5) is 20.1. The smallest absolute Gasteiger partial charge is 0.545 e. The van der Waals surface area contributed by atoms with Crippen molar-refractivity contribution in [2.45, 2.75) is 0 Å². The number of carbonyl (C=O) groups excluding carboxylic acids is 2. The van der Waals surface area contributed by atoms with Gasteiger partial charge in [0.05, 0.1) is 11.9 Å². The van der Waals surface area contributed by atoms with Crippen LogP contribution >= 0.6 is 0 Å². The van der Waals surface area contributed by atoms with Crippen LogP contribution in [0.5, 0.6) is 0 Å². The van der Waals surface area contributed by atoms with Gasteiger partial charge in [-0.25, -0.2) is 17.6 Å². The van der Waals surface area contributed by atoms with E-state index in [1.807, 2.05) is 0 Å².